The Hall–Kier alpha value is -2.08. The molecule has 0 bridgehead atoms. The molecule has 1 fully saturated rings. The molecule has 1 aliphatic rings. The summed E-state index contributed by atoms with van der Waals surface area (Å²) >= 11 is 0. The van der Waals surface area contributed by atoms with Crippen molar-refractivity contribution in [2.24, 2.45) is 4.99 Å². The molecule has 1 aliphatic heterocycles. The molecule has 0 radical (unpaired) electrons. The minimum atomic E-state index is -0.0107. The highest BCUT2D eigenvalue weighted by atomic mass is 16.5. The quantitative estimate of drug-likeness (QED) is 0.388. The van der Waals surface area contributed by atoms with Gasteiger partial charge in [0.25, 0.3) is 0 Å². The number of rotatable bonds is 9. The molecule has 6 heteroatoms. The monoisotopic (exact) mass is 388 g/mol. The van der Waals surface area contributed by atoms with Crippen LogP contribution >= 0.6 is 0 Å². The maximum absolute atomic E-state index is 11.8. The van der Waals surface area contributed by atoms with Crippen LogP contribution < -0.4 is 10.6 Å². The average Bonchev–Trinajstić information content (AvgIpc) is 3.20. The number of hydrogen-bond acceptors (Lipinski definition) is 3. The number of guanidine groups is 1. The van der Waals surface area contributed by atoms with Gasteiger partial charge in [-0.1, -0.05) is 38.1 Å². The first-order valence-corrected chi connectivity index (χ1v) is 10.4. The van der Waals surface area contributed by atoms with Gasteiger partial charge in [-0.25, -0.2) is 4.99 Å². The third kappa shape index (κ3) is 7.89. The van der Waals surface area contributed by atoms with Crippen molar-refractivity contribution in [3.05, 3.63) is 35.4 Å². The second kappa shape index (κ2) is 11.7. The lowest BCUT2D eigenvalue weighted by Gasteiger charge is -2.16. The smallest absolute Gasteiger partial charge is 0.243 e. The number of nitrogens with zero attached hydrogens (tertiary/aromatic N) is 2. The van der Waals surface area contributed by atoms with E-state index in [9.17, 15) is 4.79 Å². The molecule has 1 heterocycles. The predicted octanol–water partition coefficient (Wildman–Crippen LogP) is 2.55. The molecule has 1 aromatic rings. The van der Waals surface area contributed by atoms with E-state index in [-0.39, 0.29) is 18.6 Å². The van der Waals surface area contributed by atoms with Crippen LogP contribution in [0.15, 0.2) is 29.3 Å². The summed E-state index contributed by atoms with van der Waals surface area (Å²) in [5, 5.41) is 6.67. The van der Waals surface area contributed by atoms with E-state index >= 15 is 0 Å². The van der Waals surface area contributed by atoms with E-state index in [1.165, 1.54) is 11.1 Å². The Labute approximate surface area is 169 Å². The van der Waals surface area contributed by atoms with Crippen molar-refractivity contribution < 1.29 is 9.53 Å². The molecule has 0 spiro atoms. The number of carbonyl (C=O) groups is 1. The van der Waals surface area contributed by atoms with Crippen molar-refractivity contribution in [2.45, 2.75) is 51.6 Å². The zero-order chi connectivity index (χ0) is 20.4. The summed E-state index contributed by atoms with van der Waals surface area (Å²) in [7, 11) is 3.49. The van der Waals surface area contributed by atoms with Gasteiger partial charge in [0.15, 0.2) is 5.96 Å². The van der Waals surface area contributed by atoms with Gasteiger partial charge in [0.1, 0.15) is 6.54 Å². The zero-order valence-electron chi connectivity index (χ0n) is 17.8. The fourth-order valence-electron chi connectivity index (χ4n) is 3.05. The zero-order valence-corrected chi connectivity index (χ0v) is 17.8. The second-order valence-corrected chi connectivity index (χ2v) is 7.90. The van der Waals surface area contributed by atoms with E-state index in [0.29, 0.717) is 11.9 Å². The predicted molar refractivity (Wildman–Crippen MR) is 115 cm³/mol. The van der Waals surface area contributed by atoms with E-state index in [1.807, 2.05) is 0 Å². The molecule has 2 N–H and O–H groups in total. The molecule has 1 amide bonds. The number of ether oxygens (including phenoxy) is 1. The van der Waals surface area contributed by atoms with Crippen LogP contribution in [0.2, 0.25) is 0 Å². The molecule has 6 nitrogen and oxygen atoms in total. The molecule has 2 rings (SSSR count). The number of aryl methyl sites for hydroxylation is 1. The van der Waals surface area contributed by atoms with Crippen LogP contribution in [-0.2, 0) is 16.0 Å². The number of nitrogens with one attached hydrogen (secondary N) is 2. The number of carbonyl (C=O) groups excluding carboxylic acids is 1. The SMILES string of the molecule is CC(C)c1ccc(CCCNC(=NCC(=O)N(C)C)NCC2CCCO2)cc1. The van der Waals surface area contributed by atoms with Crippen molar-refractivity contribution >= 4 is 11.9 Å². The third-order valence-corrected chi connectivity index (χ3v) is 4.97. The summed E-state index contributed by atoms with van der Waals surface area (Å²) in [4.78, 5) is 17.8. The molecule has 1 saturated heterocycles. The Morgan fingerprint density at radius 1 is 1.25 bits per heavy atom. The lowest BCUT2D eigenvalue weighted by atomic mass is 10.0. The van der Waals surface area contributed by atoms with Gasteiger partial charge >= 0.3 is 0 Å². The van der Waals surface area contributed by atoms with Crippen molar-refractivity contribution in [3.8, 4) is 0 Å². The van der Waals surface area contributed by atoms with Crippen molar-refractivity contribution in [1.29, 1.82) is 0 Å². The van der Waals surface area contributed by atoms with Gasteiger partial charge in [0.05, 0.1) is 6.10 Å². The van der Waals surface area contributed by atoms with Crippen LogP contribution in [0.5, 0.6) is 0 Å². The first kappa shape index (κ1) is 22.2. The van der Waals surface area contributed by atoms with Gasteiger partial charge in [-0.3, -0.25) is 4.79 Å². The van der Waals surface area contributed by atoms with Crippen LogP contribution in [0.1, 0.15) is 50.2 Å². The first-order chi connectivity index (χ1) is 13.5. The van der Waals surface area contributed by atoms with Gasteiger partial charge in [-0.2, -0.15) is 0 Å². The van der Waals surface area contributed by atoms with Crippen LogP contribution in [0.4, 0.5) is 0 Å². The fraction of sp³-hybridized carbons (Fsp3) is 0.636. The lowest BCUT2D eigenvalue weighted by Crippen LogP contribution is -2.42. The molecule has 0 aromatic heterocycles. The van der Waals surface area contributed by atoms with E-state index in [0.717, 1.165) is 45.4 Å². The highest BCUT2D eigenvalue weighted by molar-refractivity contribution is 5.84. The van der Waals surface area contributed by atoms with Gasteiger partial charge < -0.3 is 20.3 Å². The standard InChI is InChI=1S/C22H36N4O2/c1-17(2)19-11-9-18(10-12-19)7-5-13-23-22(25-16-21(27)26(3)4)24-15-20-8-6-14-28-20/h9-12,17,20H,5-8,13-16H2,1-4H3,(H2,23,24,25). The first-order valence-electron chi connectivity index (χ1n) is 10.4. The molecule has 156 valence electrons. The number of likely N-dealkylation sites (N-methyl/N-ethyl adjacent to an activating group) is 1. The Bertz CT molecular complexity index is 620. The minimum Gasteiger partial charge on any atom is -0.376 e. The van der Waals surface area contributed by atoms with Crippen LogP contribution in [0, 0.1) is 0 Å². The molecule has 1 atom stereocenters. The maximum Gasteiger partial charge on any atom is 0.243 e. The number of hydrogen-bond donors (Lipinski definition) is 2. The molecule has 0 aliphatic carbocycles. The summed E-state index contributed by atoms with van der Waals surface area (Å²) in [6, 6.07) is 8.87. The lowest BCUT2D eigenvalue weighted by molar-refractivity contribution is -0.127. The highest BCUT2D eigenvalue weighted by Gasteiger charge is 2.15. The molecule has 28 heavy (non-hydrogen) atoms. The molecular formula is C22H36N4O2. The van der Waals surface area contributed by atoms with E-state index < -0.39 is 0 Å². The average molecular weight is 389 g/mol. The number of benzene rings is 1. The molecule has 0 saturated carbocycles. The largest absolute Gasteiger partial charge is 0.376 e. The number of aliphatic imine (C=N–C) groups is 1. The molecular weight excluding hydrogens is 352 g/mol. The summed E-state index contributed by atoms with van der Waals surface area (Å²) in [6.45, 7) is 6.93. The maximum atomic E-state index is 11.8. The highest BCUT2D eigenvalue weighted by Crippen LogP contribution is 2.15. The van der Waals surface area contributed by atoms with Gasteiger partial charge in [-0.05, 0) is 42.7 Å². The second-order valence-electron chi connectivity index (χ2n) is 7.90. The molecule has 1 unspecified atom stereocenters. The van der Waals surface area contributed by atoms with Gasteiger partial charge in [0, 0.05) is 33.8 Å². The van der Waals surface area contributed by atoms with Crippen LogP contribution in [-0.4, -0.2) is 63.2 Å². The summed E-state index contributed by atoms with van der Waals surface area (Å²) in [5.41, 5.74) is 2.72. The van der Waals surface area contributed by atoms with E-state index in [2.05, 4.69) is 53.7 Å². The normalized spacial score (nSPS) is 17.0. The molecule has 1 aromatic carbocycles. The summed E-state index contributed by atoms with van der Waals surface area (Å²) in [5.74, 6) is 1.23. The Kier molecular flexibility index (Phi) is 9.28. The van der Waals surface area contributed by atoms with Crippen molar-refractivity contribution in [3.63, 3.8) is 0 Å². The van der Waals surface area contributed by atoms with Crippen LogP contribution in [0.25, 0.3) is 0 Å². The summed E-state index contributed by atoms with van der Waals surface area (Å²) in [6.07, 6.45) is 4.44. The topological polar surface area (TPSA) is 66.0 Å². The fourth-order valence-corrected chi connectivity index (χ4v) is 3.05. The Balaban J connectivity index is 1.79. The van der Waals surface area contributed by atoms with E-state index in [1.54, 1.807) is 19.0 Å². The minimum absolute atomic E-state index is 0.0107. The van der Waals surface area contributed by atoms with E-state index in [4.69, 9.17) is 4.74 Å². The summed E-state index contributed by atoms with van der Waals surface area (Å²) < 4.78 is 5.66. The van der Waals surface area contributed by atoms with Crippen molar-refractivity contribution in [2.75, 3.05) is 40.3 Å². The van der Waals surface area contributed by atoms with Crippen molar-refractivity contribution in [1.82, 2.24) is 15.5 Å². The Morgan fingerprint density at radius 2 is 2.00 bits per heavy atom. The van der Waals surface area contributed by atoms with Crippen LogP contribution in [0.3, 0.4) is 0 Å². The van der Waals surface area contributed by atoms with Gasteiger partial charge in [-0.15, -0.1) is 0 Å². The van der Waals surface area contributed by atoms with Gasteiger partial charge in [0.2, 0.25) is 5.91 Å². The number of amides is 1. The Morgan fingerprint density at radius 3 is 2.61 bits per heavy atom. The third-order valence-electron chi connectivity index (χ3n) is 4.97.